The molecule has 0 spiro atoms. The van der Waals surface area contributed by atoms with E-state index in [1.807, 2.05) is 24.0 Å². The van der Waals surface area contributed by atoms with Gasteiger partial charge in [0.15, 0.2) is 0 Å². The monoisotopic (exact) mass is 332 g/mol. The fourth-order valence-corrected chi connectivity index (χ4v) is 2.90. The topological polar surface area (TPSA) is 58.6 Å². The van der Waals surface area contributed by atoms with Crippen molar-refractivity contribution < 1.29 is 14.3 Å². The maximum absolute atomic E-state index is 12.3. The van der Waals surface area contributed by atoms with Gasteiger partial charge in [-0.3, -0.25) is 9.59 Å². The van der Waals surface area contributed by atoms with Crippen LogP contribution in [0, 0.1) is 0 Å². The zero-order valence-electron chi connectivity index (χ0n) is 14.7. The van der Waals surface area contributed by atoms with Crippen molar-refractivity contribution in [2.24, 2.45) is 0 Å². The second-order valence-corrected chi connectivity index (χ2v) is 6.19. The molecule has 1 saturated heterocycles. The molecular formula is C19H28N2O3. The van der Waals surface area contributed by atoms with Gasteiger partial charge in [0.1, 0.15) is 5.75 Å². The van der Waals surface area contributed by atoms with E-state index in [-0.39, 0.29) is 17.9 Å². The summed E-state index contributed by atoms with van der Waals surface area (Å²) in [6, 6.07) is 7.33. The minimum Gasteiger partial charge on any atom is -0.494 e. The number of nitrogens with zero attached hydrogens (tertiary/aromatic N) is 1. The molecule has 1 aromatic carbocycles. The molecule has 2 rings (SSSR count). The number of piperidine rings is 1. The molecule has 132 valence electrons. The fourth-order valence-electron chi connectivity index (χ4n) is 2.90. The Hall–Kier alpha value is -2.04. The highest BCUT2D eigenvalue weighted by molar-refractivity contribution is 5.94. The Labute approximate surface area is 144 Å². The lowest BCUT2D eigenvalue weighted by Gasteiger charge is -2.32. The van der Waals surface area contributed by atoms with E-state index in [0.29, 0.717) is 18.6 Å². The van der Waals surface area contributed by atoms with Crippen molar-refractivity contribution in [1.29, 1.82) is 0 Å². The summed E-state index contributed by atoms with van der Waals surface area (Å²) in [5.41, 5.74) is 0.639. The first-order valence-electron chi connectivity index (χ1n) is 8.95. The number of carbonyl (C=O) groups excluding carboxylic acids is 2. The number of rotatable bonds is 7. The van der Waals surface area contributed by atoms with Crippen LogP contribution in [-0.2, 0) is 4.79 Å². The largest absolute Gasteiger partial charge is 0.494 e. The maximum Gasteiger partial charge on any atom is 0.251 e. The Balaban J connectivity index is 1.78. The van der Waals surface area contributed by atoms with E-state index in [1.54, 1.807) is 12.1 Å². The number of nitrogens with one attached hydrogen (secondary N) is 1. The van der Waals surface area contributed by atoms with Gasteiger partial charge >= 0.3 is 0 Å². The van der Waals surface area contributed by atoms with E-state index in [1.165, 1.54) is 0 Å². The minimum atomic E-state index is -0.0613. The normalized spacial score (nSPS) is 15.2. The maximum atomic E-state index is 12.3. The van der Waals surface area contributed by atoms with Crippen molar-refractivity contribution in [1.82, 2.24) is 10.2 Å². The Bertz CT molecular complexity index is 534. The smallest absolute Gasteiger partial charge is 0.251 e. The van der Waals surface area contributed by atoms with Crippen molar-refractivity contribution in [3.8, 4) is 5.75 Å². The Kier molecular flexibility index (Phi) is 7.09. The van der Waals surface area contributed by atoms with Crippen molar-refractivity contribution >= 4 is 11.8 Å². The van der Waals surface area contributed by atoms with Gasteiger partial charge < -0.3 is 15.0 Å². The molecule has 24 heavy (non-hydrogen) atoms. The molecule has 1 aromatic rings. The molecule has 0 aromatic heterocycles. The molecule has 5 nitrogen and oxygen atoms in total. The van der Waals surface area contributed by atoms with Crippen LogP contribution in [0.15, 0.2) is 24.3 Å². The van der Waals surface area contributed by atoms with E-state index >= 15 is 0 Å². The predicted octanol–water partition coefficient (Wildman–Crippen LogP) is 3.00. The molecule has 0 saturated carbocycles. The molecule has 1 heterocycles. The Morgan fingerprint density at radius 2 is 1.83 bits per heavy atom. The van der Waals surface area contributed by atoms with Gasteiger partial charge in [0.25, 0.3) is 5.91 Å². The first kappa shape index (κ1) is 18.3. The highest BCUT2D eigenvalue weighted by Gasteiger charge is 2.23. The minimum absolute atomic E-state index is 0.0613. The molecule has 0 aliphatic carbocycles. The summed E-state index contributed by atoms with van der Waals surface area (Å²) in [7, 11) is 0. The van der Waals surface area contributed by atoms with Gasteiger partial charge in [-0.05, 0) is 50.5 Å². The third-order valence-corrected chi connectivity index (χ3v) is 4.35. The van der Waals surface area contributed by atoms with E-state index in [9.17, 15) is 9.59 Å². The Morgan fingerprint density at radius 1 is 1.17 bits per heavy atom. The van der Waals surface area contributed by atoms with E-state index in [4.69, 9.17) is 4.74 Å². The summed E-state index contributed by atoms with van der Waals surface area (Å²) in [6.45, 7) is 6.10. The zero-order chi connectivity index (χ0) is 17.4. The van der Waals surface area contributed by atoms with Crippen molar-refractivity contribution in [3.05, 3.63) is 29.8 Å². The second kappa shape index (κ2) is 9.30. The highest BCUT2D eigenvalue weighted by Crippen LogP contribution is 2.15. The van der Waals surface area contributed by atoms with Gasteiger partial charge in [0.05, 0.1) is 6.61 Å². The van der Waals surface area contributed by atoms with E-state index in [0.717, 1.165) is 44.5 Å². The number of ether oxygens (including phenoxy) is 1. The molecule has 0 unspecified atom stereocenters. The number of hydrogen-bond donors (Lipinski definition) is 1. The van der Waals surface area contributed by atoms with Gasteiger partial charge in [0, 0.05) is 31.1 Å². The van der Waals surface area contributed by atoms with Crippen molar-refractivity contribution in [3.63, 3.8) is 0 Å². The van der Waals surface area contributed by atoms with Crippen LogP contribution in [0.25, 0.3) is 0 Å². The van der Waals surface area contributed by atoms with Crippen LogP contribution in [-0.4, -0.2) is 42.5 Å². The second-order valence-electron chi connectivity index (χ2n) is 6.19. The average molecular weight is 332 g/mol. The first-order valence-corrected chi connectivity index (χ1v) is 8.95. The summed E-state index contributed by atoms with van der Waals surface area (Å²) >= 11 is 0. The summed E-state index contributed by atoms with van der Waals surface area (Å²) < 4.78 is 5.38. The first-order chi connectivity index (χ1) is 11.6. The molecule has 1 N–H and O–H groups in total. The average Bonchev–Trinajstić information content (AvgIpc) is 2.61. The fraction of sp³-hybridized carbons (Fsp3) is 0.579. The van der Waals surface area contributed by atoms with Crippen LogP contribution in [0.4, 0.5) is 0 Å². The number of benzene rings is 1. The van der Waals surface area contributed by atoms with Crippen LogP contribution in [0.5, 0.6) is 5.75 Å². The van der Waals surface area contributed by atoms with Gasteiger partial charge in [-0.1, -0.05) is 13.3 Å². The third kappa shape index (κ3) is 5.25. The van der Waals surface area contributed by atoms with Crippen LogP contribution < -0.4 is 10.1 Å². The van der Waals surface area contributed by atoms with Gasteiger partial charge in [0.2, 0.25) is 5.91 Å². The molecule has 2 amide bonds. The van der Waals surface area contributed by atoms with Gasteiger partial charge in [-0.2, -0.15) is 0 Å². The van der Waals surface area contributed by atoms with Crippen molar-refractivity contribution in [2.75, 3.05) is 19.7 Å². The highest BCUT2D eigenvalue weighted by atomic mass is 16.5. The summed E-state index contributed by atoms with van der Waals surface area (Å²) in [4.78, 5) is 26.3. The van der Waals surface area contributed by atoms with E-state index < -0.39 is 0 Å². The molecule has 1 fully saturated rings. The van der Waals surface area contributed by atoms with Crippen LogP contribution in [0.1, 0.15) is 56.3 Å². The number of hydrogen-bond acceptors (Lipinski definition) is 3. The third-order valence-electron chi connectivity index (χ3n) is 4.35. The van der Waals surface area contributed by atoms with Gasteiger partial charge in [-0.15, -0.1) is 0 Å². The zero-order valence-corrected chi connectivity index (χ0v) is 14.7. The van der Waals surface area contributed by atoms with Gasteiger partial charge in [-0.25, -0.2) is 0 Å². The van der Waals surface area contributed by atoms with Crippen molar-refractivity contribution in [2.45, 2.75) is 52.0 Å². The summed E-state index contributed by atoms with van der Waals surface area (Å²) in [5.74, 6) is 0.954. The van der Waals surface area contributed by atoms with Crippen LogP contribution in [0.3, 0.4) is 0 Å². The number of likely N-dealkylation sites (tertiary alicyclic amines) is 1. The predicted molar refractivity (Wildman–Crippen MR) is 94.2 cm³/mol. The Morgan fingerprint density at radius 3 is 2.42 bits per heavy atom. The molecule has 1 aliphatic heterocycles. The summed E-state index contributed by atoms with van der Waals surface area (Å²) in [5, 5.41) is 3.07. The number of amides is 2. The molecule has 0 atom stereocenters. The SMILES string of the molecule is CCCCC(=O)N1CCC(NC(=O)c2ccc(OCC)cc2)CC1. The molecule has 1 aliphatic rings. The lowest BCUT2D eigenvalue weighted by molar-refractivity contribution is -0.132. The molecule has 0 radical (unpaired) electrons. The number of carbonyl (C=O) groups is 2. The standard InChI is InChI=1S/C19H28N2O3/c1-3-5-6-18(22)21-13-11-16(12-14-21)20-19(23)15-7-9-17(10-8-15)24-4-2/h7-10,16H,3-6,11-14H2,1-2H3,(H,20,23). The van der Waals surface area contributed by atoms with Crippen LogP contribution >= 0.6 is 0 Å². The van der Waals surface area contributed by atoms with Crippen LogP contribution in [0.2, 0.25) is 0 Å². The molecule has 5 heteroatoms. The summed E-state index contributed by atoms with van der Waals surface area (Å²) in [6.07, 6.45) is 4.27. The lowest BCUT2D eigenvalue weighted by atomic mass is 10.0. The van der Waals surface area contributed by atoms with E-state index in [2.05, 4.69) is 12.2 Å². The lowest BCUT2D eigenvalue weighted by Crippen LogP contribution is -2.46. The molecule has 0 bridgehead atoms. The molecular weight excluding hydrogens is 304 g/mol. The quantitative estimate of drug-likeness (QED) is 0.835. The number of unbranched alkanes of at least 4 members (excludes halogenated alkanes) is 1.